The fourth-order valence-corrected chi connectivity index (χ4v) is 4.79. The Bertz CT molecular complexity index is 582. The third kappa shape index (κ3) is 2.79. The van der Waals surface area contributed by atoms with Crippen molar-refractivity contribution in [3.05, 3.63) is 0 Å². The molecule has 1 spiro atoms. The molecular weight excluding hydrogens is 340 g/mol. The van der Waals surface area contributed by atoms with Crippen LogP contribution in [0.3, 0.4) is 0 Å². The van der Waals surface area contributed by atoms with E-state index in [1.165, 1.54) is 4.90 Å². The number of nitrogens with zero attached hydrogens (tertiary/aromatic N) is 1. The molecule has 26 heavy (non-hydrogen) atoms. The summed E-state index contributed by atoms with van der Waals surface area (Å²) in [7, 11) is 0. The van der Waals surface area contributed by atoms with Crippen LogP contribution in [0.5, 0.6) is 0 Å². The number of fused-ring (bicyclic) bond motifs is 1. The van der Waals surface area contributed by atoms with Crippen molar-refractivity contribution in [1.29, 1.82) is 0 Å². The van der Waals surface area contributed by atoms with Gasteiger partial charge in [0.2, 0.25) is 11.8 Å². The Morgan fingerprint density at radius 1 is 1.42 bits per heavy atom. The van der Waals surface area contributed by atoms with Crippen LogP contribution >= 0.6 is 0 Å². The number of aliphatic hydroxyl groups excluding tert-OH is 1. The summed E-state index contributed by atoms with van der Waals surface area (Å²) in [5.74, 6) is -2.39. The molecule has 0 unspecified atom stereocenters. The van der Waals surface area contributed by atoms with Crippen molar-refractivity contribution < 1.29 is 29.0 Å². The van der Waals surface area contributed by atoms with Gasteiger partial charge >= 0.3 is 5.97 Å². The summed E-state index contributed by atoms with van der Waals surface area (Å²) < 4.78 is 11.3. The zero-order valence-electron chi connectivity index (χ0n) is 15.4. The van der Waals surface area contributed by atoms with E-state index in [9.17, 15) is 19.5 Å². The fourth-order valence-electron chi connectivity index (χ4n) is 4.79. The smallest absolute Gasteiger partial charge is 0.312 e. The largest absolute Gasteiger partial charge is 0.466 e. The highest BCUT2D eigenvalue weighted by Gasteiger charge is 2.74. The highest BCUT2D eigenvalue weighted by atomic mass is 16.6. The molecule has 8 nitrogen and oxygen atoms in total. The van der Waals surface area contributed by atoms with Crippen LogP contribution < -0.4 is 5.32 Å². The van der Waals surface area contributed by atoms with Gasteiger partial charge in [0.15, 0.2) is 0 Å². The molecule has 5 atom stereocenters. The number of hydrogen-bond donors (Lipinski definition) is 2. The Morgan fingerprint density at radius 2 is 2.19 bits per heavy atom. The van der Waals surface area contributed by atoms with Gasteiger partial charge in [-0.15, -0.1) is 0 Å². The molecule has 146 valence electrons. The normalized spacial score (nSPS) is 34.9. The van der Waals surface area contributed by atoms with Gasteiger partial charge in [0.05, 0.1) is 31.2 Å². The second kappa shape index (κ2) is 7.52. The number of hydrogen-bond acceptors (Lipinski definition) is 6. The molecule has 0 aromatic carbocycles. The van der Waals surface area contributed by atoms with Crippen molar-refractivity contribution in [1.82, 2.24) is 10.2 Å². The highest BCUT2D eigenvalue weighted by molar-refractivity contribution is 5.98. The lowest BCUT2D eigenvalue weighted by Gasteiger charge is -2.33. The van der Waals surface area contributed by atoms with Crippen molar-refractivity contribution in [2.24, 2.45) is 11.8 Å². The molecule has 2 amide bonds. The number of aliphatic hydroxyl groups is 1. The molecule has 0 saturated carbocycles. The molecule has 3 aliphatic rings. The molecule has 0 aromatic rings. The maximum absolute atomic E-state index is 13.1. The predicted molar refractivity (Wildman–Crippen MR) is 91.0 cm³/mol. The predicted octanol–water partition coefficient (Wildman–Crippen LogP) is -0.167. The monoisotopic (exact) mass is 368 g/mol. The molecule has 3 rings (SSSR count). The number of nitrogens with one attached hydrogen (secondary N) is 1. The number of esters is 1. The number of unbranched alkanes of at least 4 members (excludes halogenated alkanes) is 1. The minimum absolute atomic E-state index is 0.0481. The van der Waals surface area contributed by atoms with Crippen LogP contribution in [0.1, 0.15) is 39.5 Å². The number of carbonyl (C=O) groups is 3. The third-order valence-electron chi connectivity index (χ3n) is 5.78. The fraction of sp³-hybridized carbons (Fsp3) is 0.833. The van der Waals surface area contributed by atoms with Crippen molar-refractivity contribution in [2.75, 3.05) is 26.3 Å². The van der Waals surface area contributed by atoms with Crippen molar-refractivity contribution in [3.8, 4) is 0 Å². The molecule has 3 heterocycles. The van der Waals surface area contributed by atoms with E-state index >= 15 is 0 Å². The van der Waals surface area contributed by atoms with E-state index in [-0.39, 0.29) is 37.7 Å². The van der Waals surface area contributed by atoms with Gasteiger partial charge in [-0.1, -0.05) is 13.3 Å². The molecular formula is C18H28N2O6. The van der Waals surface area contributed by atoms with Crippen LogP contribution in [0, 0.1) is 11.8 Å². The first-order valence-electron chi connectivity index (χ1n) is 9.55. The lowest BCUT2D eigenvalue weighted by atomic mass is 9.71. The lowest BCUT2D eigenvalue weighted by Crippen LogP contribution is -2.55. The molecule has 3 fully saturated rings. The average molecular weight is 368 g/mol. The second-order valence-corrected chi connectivity index (χ2v) is 7.21. The summed E-state index contributed by atoms with van der Waals surface area (Å²) in [6.07, 6.45) is 2.58. The summed E-state index contributed by atoms with van der Waals surface area (Å²) in [6.45, 7) is 4.31. The summed E-state index contributed by atoms with van der Waals surface area (Å²) in [5, 5.41) is 12.3. The highest BCUT2D eigenvalue weighted by Crippen LogP contribution is 2.58. The molecule has 8 heteroatoms. The SMILES string of the molecule is CCCCNC(=O)[C@@H]1N(CCO)C(=O)[C@H]2[C@H](C(=O)OCC)[C@@H]3CC[C@]12O3. The van der Waals surface area contributed by atoms with Crippen molar-refractivity contribution >= 4 is 17.8 Å². The van der Waals surface area contributed by atoms with Crippen LogP contribution in [0.15, 0.2) is 0 Å². The van der Waals surface area contributed by atoms with Gasteiger partial charge < -0.3 is 24.8 Å². The Kier molecular flexibility index (Phi) is 5.53. The van der Waals surface area contributed by atoms with Gasteiger partial charge in [-0.3, -0.25) is 14.4 Å². The number of carbonyl (C=O) groups excluding carboxylic acids is 3. The molecule has 2 bridgehead atoms. The minimum Gasteiger partial charge on any atom is -0.466 e. The Morgan fingerprint density at radius 3 is 2.85 bits per heavy atom. The standard InChI is InChI=1S/C18H28N2O6/c1-3-5-8-19-15(22)14-18-7-6-11(26-18)12(17(24)25-4-2)13(18)16(23)20(14)9-10-21/h11-14,21H,3-10H2,1-2H3,(H,19,22)/t11-,12+,13+,14-,18+/m0/s1. The van der Waals surface area contributed by atoms with Crippen molar-refractivity contribution in [3.63, 3.8) is 0 Å². The number of rotatable bonds is 8. The second-order valence-electron chi connectivity index (χ2n) is 7.21. The van der Waals surface area contributed by atoms with E-state index in [1.54, 1.807) is 6.92 Å². The maximum Gasteiger partial charge on any atom is 0.312 e. The number of amides is 2. The van der Waals surface area contributed by atoms with Crippen LogP contribution in [0.4, 0.5) is 0 Å². The number of likely N-dealkylation sites (tertiary alicyclic amines) is 1. The molecule has 0 aliphatic carbocycles. The molecule has 3 saturated heterocycles. The van der Waals surface area contributed by atoms with E-state index in [1.807, 2.05) is 6.92 Å². The van der Waals surface area contributed by atoms with E-state index < -0.39 is 29.4 Å². The number of β-amino-alcohol motifs (C(OH)–C–C–N with tert-alkyl or cyclic N) is 1. The van der Waals surface area contributed by atoms with E-state index in [2.05, 4.69) is 5.32 Å². The average Bonchev–Trinajstić information content (AvgIpc) is 3.24. The minimum atomic E-state index is -0.995. The van der Waals surface area contributed by atoms with Gasteiger partial charge in [-0.2, -0.15) is 0 Å². The van der Waals surface area contributed by atoms with Gasteiger partial charge in [0.25, 0.3) is 0 Å². The summed E-state index contributed by atoms with van der Waals surface area (Å²) >= 11 is 0. The molecule has 3 aliphatic heterocycles. The Labute approximate surface area is 153 Å². The summed E-state index contributed by atoms with van der Waals surface area (Å²) in [6, 6.07) is -0.812. The first-order chi connectivity index (χ1) is 12.5. The van der Waals surface area contributed by atoms with Gasteiger partial charge in [0, 0.05) is 13.1 Å². The quantitative estimate of drug-likeness (QED) is 0.455. The molecule has 2 N–H and O–H groups in total. The van der Waals surface area contributed by atoms with Crippen LogP contribution in [0.2, 0.25) is 0 Å². The van der Waals surface area contributed by atoms with Gasteiger partial charge in [0.1, 0.15) is 11.6 Å². The lowest BCUT2D eigenvalue weighted by molar-refractivity contribution is -0.154. The Hall–Kier alpha value is -1.67. The van der Waals surface area contributed by atoms with Crippen LogP contribution in [-0.2, 0) is 23.9 Å². The Balaban J connectivity index is 1.90. The molecule has 0 aromatic heterocycles. The zero-order valence-corrected chi connectivity index (χ0v) is 15.4. The van der Waals surface area contributed by atoms with E-state index in [0.717, 1.165) is 12.8 Å². The van der Waals surface area contributed by atoms with Crippen LogP contribution in [0.25, 0.3) is 0 Å². The topological polar surface area (TPSA) is 105 Å². The van der Waals surface area contributed by atoms with E-state index in [4.69, 9.17) is 9.47 Å². The number of ether oxygens (including phenoxy) is 2. The first kappa shape index (κ1) is 19.1. The van der Waals surface area contributed by atoms with E-state index in [0.29, 0.717) is 19.4 Å². The zero-order chi connectivity index (χ0) is 18.9. The van der Waals surface area contributed by atoms with Gasteiger partial charge in [-0.05, 0) is 26.2 Å². The van der Waals surface area contributed by atoms with Gasteiger partial charge in [-0.25, -0.2) is 0 Å². The van der Waals surface area contributed by atoms with Crippen LogP contribution in [-0.4, -0.2) is 71.8 Å². The molecule has 0 radical (unpaired) electrons. The summed E-state index contributed by atoms with van der Waals surface area (Å²) in [5.41, 5.74) is -0.995. The first-order valence-corrected chi connectivity index (χ1v) is 9.55. The summed E-state index contributed by atoms with van der Waals surface area (Å²) in [4.78, 5) is 39.8. The van der Waals surface area contributed by atoms with Crippen molar-refractivity contribution in [2.45, 2.75) is 57.3 Å². The third-order valence-corrected chi connectivity index (χ3v) is 5.78. The maximum atomic E-state index is 13.1.